The Morgan fingerprint density at radius 2 is 1.84 bits per heavy atom. The van der Waals surface area contributed by atoms with Crippen LogP contribution in [-0.4, -0.2) is 25.4 Å². The van der Waals surface area contributed by atoms with Gasteiger partial charge in [0.15, 0.2) is 11.2 Å². The lowest BCUT2D eigenvalue weighted by Gasteiger charge is -2.20. The van der Waals surface area contributed by atoms with E-state index in [0.717, 1.165) is 5.41 Å². The lowest BCUT2D eigenvalue weighted by atomic mass is 10.1. The Balaban J connectivity index is 1.95. The van der Waals surface area contributed by atoms with Crippen molar-refractivity contribution in [3.8, 4) is 17.2 Å². The van der Waals surface area contributed by atoms with Gasteiger partial charge in [-0.3, -0.25) is 14.3 Å². The second-order valence-corrected chi connectivity index (χ2v) is 10.7. The molecule has 0 saturated carbocycles. The number of ether oxygens (including phenoxy) is 1. The van der Waals surface area contributed by atoms with Crippen molar-refractivity contribution >= 4 is 27.7 Å². The molecule has 1 aliphatic carbocycles. The molecule has 4 rings (SSSR count). The summed E-state index contributed by atoms with van der Waals surface area (Å²) in [5.74, 6) is 0.113. The van der Waals surface area contributed by atoms with Crippen molar-refractivity contribution < 1.29 is 22.3 Å². The van der Waals surface area contributed by atoms with Crippen LogP contribution in [0.2, 0.25) is 0 Å². The first-order chi connectivity index (χ1) is 17.9. The minimum atomic E-state index is -3.81. The van der Waals surface area contributed by atoms with Crippen molar-refractivity contribution in [1.29, 1.82) is 0 Å². The molecule has 1 amide bonds. The molecule has 0 aliphatic heterocycles. The highest BCUT2D eigenvalue weighted by Crippen LogP contribution is 2.37. The Bertz CT molecular complexity index is 1650. The second kappa shape index (κ2) is 10.3. The zero-order valence-electron chi connectivity index (χ0n) is 21.5. The van der Waals surface area contributed by atoms with Gasteiger partial charge in [-0.1, -0.05) is 6.58 Å². The number of halogens is 1. The van der Waals surface area contributed by atoms with Crippen LogP contribution in [0.25, 0.3) is 11.8 Å². The third kappa shape index (κ3) is 5.26. The standard InChI is InChI=1S/C28H28FN3O5S/c1-6-30-28(34)19-12-22-23(13-19)32(15-18(5)26(22)33)24-14-21(31-38(35,36)7-2)8-9-25(24)37-27-16(3)10-20(29)11-17(27)4/h7-11,13-15,31H,2,6,12H2,1,3-5H3,(H,30,34). The van der Waals surface area contributed by atoms with Crippen LogP contribution >= 0.6 is 0 Å². The number of nitrogens with zero attached hydrogens (tertiary/aromatic N) is 1. The molecule has 0 radical (unpaired) electrons. The molecule has 0 atom stereocenters. The normalized spacial score (nSPS) is 12.5. The van der Waals surface area contributed by atoms with Crippen LogP contribution in [0.15, 0.2) is 58.9 Å². The SMILES string of the molecule is C=CS(=O)(=O)Nc1ccc(Oc2c(C)cc(F)cc2C)c(-n2cc(C)c(=O)c3c2C=C(C(=O)NCC)C3)c1. The van der Waals surface area contributed by atoms with E-state index in [0.29, 0.717) is 57.3 Å². The fourth-order valence-corrected chi connectivity index (χ4v) is 4.94. The zero-order chi connectivity index (χ0) is 27.8. The van der Waals surface area contributed by atoms with E-state index < -0.39 is 15.8 Å². The third-order valence-electron chi connectivity index (χ3n) is 6.17. The average molecular weight is 538 g/mol. The Labute approximate surface area is 220 Å². The Kier molecular flexibility index (Phi) is 7.28. The third-order valence-corrected chi connectivity index (χ3v) is 7.13. The van der Waals surface area contributed by atoms with Crippen LogP contribution < -0.4 is 20.2 Å². The number of aromatic nitrogens is 1. The highest BCUT2D eigenvalue weighted by Gasteiger charge is 2.26. The van der Waals surface area contributed by atoms with Crippen molar-refractivity contribution in [2.24, 2.45) is 0 Å². The summed E-state index contributed by atoms with van der Waals surface area (Å²) in [7, 11) is -3.81. The summed E-state index contributed by atoms with van der Waals surface area (Å²) < 4.78 is 48.7. The minimum Gasteiger partial charge on any atom is -0.455 e. The lowest BCUT2D eigenvalue weighted by Crippen LogP contribution is -2.25. The molecule has 1 aliphatic rings. The predicted molar refractivity (Wildman–Crippen MR) is 146 cm³/mol. The molecule has 0 unspecified atom stereocenters. The molecule has 0 saturated heterocycles. The van der Waals surface area contributed by atoms with E-state index in [1.807, 2.05) is 6.92 Å². The highest BCUT2D eigenvalue weighted by molar-refractivity contribution is 7.95. The second-order valence-electron chi connectivity index (χ2n) is 9.05. The summed E-state index contributed by atoms with van der Waals surface area (Å²) in [5.41, 5.74) is 3.42. The topological polar surface area (TPSA) is 106 Å². The number of rotatable bonds is 8. The fourth-order valence-electron chi connectivity index (χ4n) is 4.40. The molecule has 2 aromatic carbocycles. The van der Waals surface area contributed by atoms with E-state index in [1.165, 1.54) is 18.2 Å². The van der Waals surface area contributed by atoms with Gasteiger partial charge >= 0.3 is 0 Å². The van der Waals surface area contributed by atoms with Gasteiger partial charge in [0, 0.05) is 41.3 Å². The number of amides is 1. The Morgan fingerprint density at radius 1 is 1.16 bits per heavy atom. The Morgan fingerprint density at radius 3 is 2.47 bits per heavy atom. The molecule has 38 heavy (non-hydrogen) atoms. The van der Waals surface area contributed by atoms with E-state index in [4.69, 9.17) is 4.74 Å². The van der Waals surface area contributed by atoms with E-state index in [2.05, 4.69) is 16.6 Å². The molecule has 1 aromatic heterocycles. The van der Waals surface area contributed by atoms with Crippen molar-refractivity contribution in [1.82, 2.24) is 9.88 Å². The molecule has 0 fully saturated rings. The number of aryl methyl sites for hydroxylation is 3. The van der Waals surface area contributed by atoms with Crippen LogP contribution in [-0.2, 0) is 21.2 Å². The average Bonchev–Trinajstić information content (AvgIpc) is 3.30. The number of hydrogen-bond donors (Lipinski definition) is 2. The number of carbonyl (C=O) groups is 1. The molecule has 198 valence electrons. The van der Waals surface area contributed by atoms with Crippen molar-refractivity contribution in [3.63, 3.8) is 0 Å². The van der Waals surface area contributed by atoms with Gasteiger partial charge in [-0.2, -0.15) is 0 Å². The maximum absolute atomic E-state index is 13.9. The first kappa shape index (κ1) is 26.9. The van der Waals surface area contributed by atoms with Gasteiger partial charge in [0.05, 0.1) is 17.1 Å². The number of benzene rings is 2. The maximum Gasteiger partial charge on any atom is 0.254 e. The van der Waals surface area contributed by atoms with Crippen LogP contribution in [0.1, 0.15) is 34.9 Å². The quantitative estimate of drug-likeness (QED) is 0.435. The number of likely N-dealkylation sites (N-methyl/N-ethyl adjacent to an activating group) is 1. The molecule has 2 N–H and O–H groups in total. The number of pyridine rings is 1. The summed E-state index contributed by atoms with van der Waals surface area (Å²) in [6.07, 6.45) is 3.44. The minimum absolute atomic E-state index is 0.164. The van der Waals surface area contributed by atoms with E-state index in [-0.39, 0.29) is 23.4 Å². The number of hydrogen-bond acceptors (Lipinski definition) is 5. The molecule has 8 nitrogen and oxygen atoms in total. The smallest absolute Gasteiger partial charge is 0.254 e. The van der Waals surface area contributed by atoms with Gasteiger partial charge in [-0.15, -0.1) is 0 Å². The van der Waals surface area contributed by atoms with Gasteiger partial charge in [0.25, 0.3) is 10.0 Å². The highest BCUT2D eigenvalue weighted by atomic mass is 32.2. The van der Waals surface area contributed by atoms with Gasteiger partial charge in [0.1, 0.15) is 11.6 Å². The number of nitrogens with one attached hydrogen (secondary N) is 2. The van der Waals surface area contributed by atoms with Gasteiger partial charge in [-0.25, -0.2) is 12.8 Å². The van der Waals surface area contributed by atoms with Gasteiger partial charge in [0.2, 0.25) is 5.91 Å². The van der Waals surface area contributed by atoms with E-state index >= 15 is 0 Å². The summed E-state index contributed by atoms with van der Waals surface area (Å²) in [4.78, 5) is 25.6. The molecule has 1 heterocycles. The van der Waals surface area contributed by atoms with Gasteiger partial charge < -0.3 is 14.6 Å². The maximum atomic E-state index is 13.9. The lowest BCUT2D eigenvalue weighted by molar-refractivity contribution is -0.117. The van der Waals surface area contributed by atoms with E-state index in [1.54, 1.807) is 49.7 Å². The van der Waals surface area contributed by atoms with E-state index in [9.17, 15) is 22.4 Å². The zero-order valence-corrected chi connectivity index (χ0v) is 22.3. The van der Waals surface area contributed by atoms with Crippen LogP contribution in [0.5, 0.6) is 11.5 Å². The summed E-state index contributed by atoms with van der Waals surface area (Å²) in [5, 5.41) is 3.55. The first-order valence-corrected chi connectivity index (χ1v) is 13.5. The molecular formula is C28H28FN3O5S. The molecule has 10 heteroatoms. The van der Waals surface area contributed by atoms with Crippen LogP contribution in [0, 0.1) is 26.6 Å². The van der Waals surface area contributed by atoms with Gasteiger partial charge in [-0.05, 0) is 75.2 Å². The number of fused-ring (bicyclic) bond motifs is 1. The largest absolute Gasteiger partial charge is 0.455 e. The van der Waals surface area contributed by atoms with Crippen molar-refractivity contribution in [2.45, 2.75) is 34.1 Å². The van der Waals surface area contributed by atoms with Crippen LogP contribution in [0.4, 0.5) is 10.1 Å². The summed E-state index contributed by atoms with van der Waals surface area (Å²) in [6, 6.07) is 7.39. The Hall–Kier alpha value is -4.18. The number of anilines is 1. The molecule has 3 aromatic rings. The van der Waals surface area contributed by atoms with Crippen molar-refractivity contribution in [2.75, 3.05) is 11.3 Å². The molecule has 0 spiro atoms. The molecule has 0 bridgehead atoms. The monoisotopic (exact) mass is 537 g/mol. The first-order valence-electron chi connectivity index (χ1n) is 11.9. The summed E-state index contributed by atoms with van der Waals surface area (Å²) >= 11 is 0. The fraction of sp³-hybridized carbons (Fsp3) is 0.214. The predicted octanol–water partition coefficient (Wildman–Crippen LogP) is 4.65. The number of carbonyl (C=O) groups excluding carboxylic acids is 1. The molecular weight excluding hydrogens is 509 g/mol. The number of sulfonamides is 1. The summed E-state index contributed by atoms with van der Waals surface area (Å²) in [6.45, 7) is 10.7. The van der Waals surface area contributed by atoms with Crippen molar-refractivity contribution in [3.05, 3.63) is 98.1 Å². The van der Waals surface area contributed by atoms with Crippen LogP contribution in [0.3, 0.4) is 0 Å².